The van der Waals surface area contributed by atoms with Crippen LogP contribution in [0, 0.1) is 12.0 Å². The number of nitrogens with zero attached hydrogens (tertiary/aromatic N) is 1. The molecule has 0 unspecified atom stereocenters. The van der Waals surface area contributed by atoms with E-state index in [1.54, 1.807) is 12.1 Å². The maximum absolute atomic E-state index is 12.6. The normalized spacial score (nSPS) is 9.81. The largest absolute Gasteiger partial charge is 0.321 e. The molecule has 1 amide bonds. The summed E-state index contributed by atoms with van der Waals surface area (Å²) in [4.78, 5) is 15.4. The lowest BCUT2D eigenvalue weighted by molar-refractivity contribution is 0.102. The van der Waals surface area contributed by atoms with Crippen molar-refractivity contribution < 1.29 is 9.18 Å². The average molecular weight is 215 g/mol. The van der Waals surface area contributed by atoms with E-state index in [-0.39, 0.29) is 11.7 Å². The molecular weight excluding hydrogens is 207 g/mol. The zero-order valence-corrected chi connectivity index (χ0v) is 8.27. The van der Waals surface area contributed by atoms with Gasteiger partial charge in [0.05, 0.1) is 18.1 Å². The van der Waals surface area contributed by atoms with Crippen LogP contribution in [-0.4, -0.2) is 10.9 Å². The van der Waals surface area contributed by atoms with Gasteiger partial charge in [0.2, 0.25) is 0 Å². The van der Waals surface area contributed by atoms with Crippen LogP contribution in [0.15, 0.2) is 42.6 Å². The highest BCUT2D eigenvalue weighted by Gasteiger charge is 2.05. The molecule has 0 aliphatic carbocycles. The number of hydrogen-bond acceptors (Lipinski definition) is 2. The minimum atomic E-state index is -0.368. The second kappa shape index (κ2) is 4.53. The molecule has 1 aromatic carbocycles. The maximum atomic E-state index is 12.6. The number of anilines is 1. The monoisotopic (exact) mass is 215 g/mol. The van der Waals surface area contributed by atoms with E-state index in [2.05, 4.69) is 16.5 Å². The van der Waals surface area contributed by atoms with Crippen molar-refractivity contribution >= 4 is 11.6 Å². The standard InChI is InChI=1S/C12H8FN2O/c13-10-5-3-9(4-6-10)12(16)15-11-2-1-7-14-8-11/h1-6,8H,(H,15,16). The fourth-order valence-electron chi connectivity index (χ4n) is 1.20. The summed E-state index contributed by atoms with van der Waals surface area (Å²) in [6.45, 7) is 0. The number of nitrogens with one attached hydrogen (secondary N) is 1. The van der Waals surface area contributed by atoms with E-state index in [9.17, 15) is 9.18 Å². The quantitative estimate of drug-likeness (QED) is 0.834. The number of carbonyl (C=O) groups is 1. The lowest BCUT2D eigenvalue weighted by Crippen LogP contribution is -2.11. The van der Waals surface area contributed by atoms with Gasteiger partial charge in [-0.2, -0.15) is 0 Å². The first-order chi connectivity index (χ1) is 7.75. The maximum Gasteiger partial charge on any atom is 0.255 e. The molecule has 79 valence electrons. The Bertz CT molecular complexity index is 482. The molecule has 16 heavy (non-hydrogen) atoms. The van der Waals surface area contributed by atoms with Crippen molar-refractivity contribution in [2.24, 2.45) is 0 Å². The highest BCUT2D eigenvalue weighted by molar-refractivity contribution is 6.04. The third-order valence-electron chi connectivity index (χ3n) is 1.98. The van der Waals surface area contributed by atoms with Gasteiger partial charge in [-0.1, -0.05) is 0 Å². The Kier molecular flexibility index (Phi) is 2.91. The van der Waals surface area contributed by atoms with Crippen molar-refractivity contribution in [3.05, 3.63) is 60.2 Å². The number of carbonyl (C=O) groups excluding carboxylic acids is 1. The highest BCUT2D eigenvalue weighted by Crippen LogP contribution is 2.07. The summed E-state index contributed by atoms with van der Waals surface area (Å²) in [7, 11) is 0. The molecule has 0 aliphatic heterocycles. The van der Waals surface area contributed by atoms with Gasteiger partial charge in [-0.15, -0.1) is 0 Å². The number of benzene rings is 1. The number of amides is 1. The average Bonchev–Trinajstić information content (AvgIpc) is 2.31. The van der Waals surface area contributed by atoms with Gasteiger partial charge in [0.1, 0.15) is 5.82 Å². The van der Waals surface area contributed by atoms with Crippen molar-refractivity contribution in [2.75, 3.05) is 5.32 Å². The van der Waals surface area contributed by atoms with E-state index < -0.39 is 0 Å². The van der Waals surface area contributed by atoms with Gasteiger partial charge in [-0.25, -0.2) is 4.39 Å². The van der Waals surface area contributed by atoms with Gasteiger partial charge in [0.25, 0.3) is 5.91 Å². The summed E-state index contributed by atoms with van der Waals surface area (Å²) in [5.41, 5.74) is 0.974. The van der Waals surface area contributed by atoms with Crippen molar-refractivity contribution in [3.63, 3.8) is 0 Å². The summed E-state index contributed by atoms with van der Waals surface area (Å²) >= 11 is 0. The lowest BCUT2D eigenvalue weighted by Gasteiger charge is -2.03. The lowest BCUT2D eigenvalue weighted by atomic mass is 10.2. The molecule has 3 nitrogen and oxygen atoms in total. The molecule has 0 bridgehead atoms. The zero-order valence-electron chi connectivity index (χ0n) is 8.27. The molecule has 1 radical (unpaired) electrons. The third-order valence-corrected chi connectivity index (χ3v) is 1.98. The number of pyridine rings is 1. The summed E-state index contributed by atoms with van der Waals surface area (Å²) in [6, 6.07) is 8.60. The summed E-state index contributed by atoms with van der Waals surface area (Å²) in [5.74, 6) is -0.666. The van der Waals surface area contributed by atoms with E-state index >= 15 is 0 Å². The second-order valence-corrected chi connectivity index (χ2v) is 3.14. The van der Waals surface area contributed by atoms with Crippen LogP contribution in [0.2, 0.25) is 0 Å². The van der Waals surface area contributed by atoms with Crippen LogP contribution >= 0.6 is 0 Å². The van der Waals surface area contributed by atoms with E-state index in [0.29, 0.717) is 11.3 Å². The van der Waals surface area contributed by atoms with Gasteiger partial charge in [-0.05, 0) is 36.4 Å². The predicted molar refractivity (Wildman–Crippen MR) is 57.4 cm³/mol. The van der Waals surface area contributed by atoms with Crippen molar-refractivity contribution in [1.29, 1.82) is 0 Å². The van der Waals surface area contributed by atoms with E-state index in [0.717, 1.165) is 0 Å². The minimum Gasteiger partial charge on any atom is -0.321 e. The van der Waals surface area contributed by atoms with Crippen LogP contribution in [0.25, 0.3) is 0 Å². The molecule has 1 aromatic heterocycles. The molecule has 2 aromatic rings. The number of halogens is 1. The van der Waals surface area contributed by atoms with Crippen LogP contribution in [0.3, 0.4) is 0 Å². The Morgan fingerprint density at radius 1 is 1.25 bits per heavy atom. The third kappa shape index (κ3) is 2.42. The molecule has 0 spiro atoms. The van der Waals surface area contributed by atoms with E-state index in [4.69, 9.17) is 0 Å². The fourth-order valence-corrected chi connectivity index (χ4v) is 1.20. The van der Waals surface area contributed by atoms with Crippen LogP contribution in [0.1, 0.15) is 10.4 Å². The predicted octanol–water partition coefficient (Wildman–Crippen LogP) is 2.27. The Morgan fingerprint density at radius 3 is 2.62 bits per heavy atom. The van der Waals surface area contributed by atoms with Crippen LogP contribution in [-0.2, 0) is 0 Å². The molecule has 1 heterocycles. The smallest absolute Gasteiger partial charge is 0.255 e. The van der Waals surface area contributed by atoms with Gasteiger partial charge in [-0.3, -0.25) is 9.78 Å². The van der Waals surface area contributed by atoms with Crippen molar-refractivity contribution in [1.82, 2.24) is 4.98 Å². The van der Waals surface area contributed by atoms with Crippen molar-refractivity contribution in [3.8, 4) is 0 Å². The first-order valence-corrected chi connectivity index (χ1v) is 4.65. The van der Waals surface area contributed by atoms with Crippen molar-refractivity contribution in [2.45, 2.75) is 0 Å². The molecule has 0 atom stereocenters. The number of rotatable bonds is 2. The van der Waals surface area contributed by atoms with E-state index in [1.807, 2.05) is 0 Å². The molecule has 0 saturated carbocycles. The number of hydrogen-bond donors (Lipinski definition) is 1. The Balaban J connectivity index is 2.12. The SMILES string of the molecule is O=C(Nc1cc[c]nc1)c1ccc(F)cc1. The van der Waals surface area contributed by atoms with Crippen LogP contribution in [0.4, 0.5) is 10.1 Å². The van der Waals surface area contributed by atoms with E-state index in [1.165, 1.54) is 30.5 Å². The first kappa shape index (κ1) is 10.3. The zero-order chi connectivity index (χ0) is 11.4. The molecule has 2 rings (SSSR count). The molecule has 1 N–H and O–H groups in total. The molecule has 0 aliphatic rings. The molecular formula is C12H8FN2O. The topological polar surface area (TPSA) is 42.0 Å². The fraction of sp³-hybridized carbons (Fsp3) is 0. The van der Waals surface area contributed by atoms with Gasteiger partial charge >= 0.3 is 0 Å². The van der Waals surface area contributed by atoms with Gasteiger partial charge in [0, 0.05) is 5.56 Å². The molecule has 0 fully saturated rings. The van der Waals surface area contributed by atoms with Gasteiger partial charge < -0.3 is 5.32 Å². The summed E-state index contributed by atoms with van der Waals surface area (Å²) < 4.78 is 12.6. The Labute approximate surface area is 92.0 Å². The van der Waals surface area contributed by atoms with Crippen LogP contribution < -0.4 is 5.32 Å². The second-order valence-electron chi connectivity index (χ2n) is 3.14. The molecule has 4 heteroatoms. The van der Waals surface area contributed by atoms with Gasteiger partial charge in [0.15, 0.2) is 0 Å². The number of aromatic nitrogens is 1. The minimum absolute atomic E-state index is 0.298. The summed E-state index contributed by atoms with van der Waals surface area (Å²) in [6.07, 6.45) is 4.09. The van der Waals surface area contributed by atoms with Crippen LogP contribution in [0.5, 0.6) is 0 Å². The Morgan fingerprint density at radius 2 is 2.00 bits per heavy atom. The first-order valence-electron chi connectivity index (χ1n) is 4.65. The Hall–Kier alpha value is -2.23. The summed E-state index contributed by atoms with van der Waals surface area (Å²) in [5, 5.41) is 2.63. The highest BCUT2D eigenvalue weighted by atomic mass is 19.1. The molecule has 0 saturated heterocycles.